The van der Waals surface area contributed by atoms with Crippen LogP contribution in [0.4, 0.5) is 0 Å². The first-order valence-electron chi connectivity index (χ1n) is 8.51. The average molecular weight is 381 g/mol. The monoisotopic (exact) mass is 381 g/mol. The molecule has 138 valence electrons. The van der Waals surface area contributed by atoms with E-state index in [1.54, 1.807) is 36.4 Å². The summed E-state index contributed by atoms with van der Waals surface area (Å²) in [6.45, 7) is 0. The topological polar surface area (TPSA) is 83.5 Å². The van der Waals surface area contributed by atoms with E-state index in [-0.39, 0.29) is 12.2 Å². The maximum absolute atomic E-state index is 12.6. The molecule has 1 amide bonds. The molecule has 2 atom stereocenters. The molecule has 3 rings (SSSR count). The summed E-state index contributed by atoms with van der Waals surface area (Å²) in [5.41, 5.74) is 0.420. The summed E-state index contributed by atoms with van der Waals surface area (Å²) in [7, 11) is -1.32. The van der Waals surface area contributed by atoms with Crippen LogP contribution in [0.2, 0.25) is 0 Å². The van der Waals surface area contributed by atoms with Crippen molar-refractivity contribution < 1.29 is 18.9 Å². The van der Waals surface area contributed by atoms with Crippen molar-refractivity contribution in [2.45, 2.75) is 17.4 Å². The Bertz CT molecular complexity index is 982. The van der Waals surface area contributed by atoms with Gasteiger partial charge in [-0.25, -0.2) is 4.79 Å². The van der Waals surface area contributed by atoms with E-state index in [2.05, 4.69) is 5.32 Å². The maximum atomic E-state index is 12.6. The summed E-state index contributed by atoms with van der Waals surface area (Å²) >= 11 is 0. The summed E-state index contributed by atoms with van der Waals surface area (Å²) in [6.07, 6.45) is 0.0767. The van der Waals surface area contributed by atoms with Crippen LogP contribution in [0.5, 0.6) is 0 Å². The minimum absolute atomic E-state index is 0.0767. The predicted octanol–water partition coefficient (Wildman–Crippen LogP) is 3.22. The minimum atomic E-state index is -1.32. The average Bonchev–Trinajstić information content (AvgIpc) is 2.70. The first-order valence-corrected chi connectivity index (χ1v) is 9.83. The summed E-state index contributed by atoms with van der Waals surface area (Å²) < 4.78 is 12.3. The summed E-state index contributed by atoms with van der Waals surface area (Å²) in [4.78, 5) is 24.8. The van der Waals surface area contributed by atoms with Crippen LogP contribution in [0, 0.1) is 0 Å². The highest BCUT2D eigenvalue weighted by Gasteiger charge is 2.22. The Balaban J connectivity index is 1.71. The molecule has 0 radical (unpaired) electrons. The molecular weight excluding hydrogens is 362 g/mol. The normalized spacial score (nSPS) is 13.0. The van der Waals surface area contributed by atoms with Crippen LogP contribution in [0.1, 0.15) is 16.8 Å². The van der Waals surface area contributed by atoms with Gasteiger partial charge in [0, 0.05) is 16.2 Å². The Hall–Kier alpha value is -2.99. The second-order valence-corrected chi connectivity index (χ2v) is 7.61. The molecule has 27 heavy (non-hydrogen) atoms. The third-order valence-corrected chi connectivity index (χ3v) is 5.64. The molecule has 0 bridgehead atoms. The van der Waals surface area contributed by atoms with Gasteiger partial charge >= 0.3 is 5.97 Å². The lowest BCUT2D eigenvalue weighted by Crippen LogP contribution is -2.41. The third kappa shape index (κ3) is 4.60. The molecule has 0 spiro atoms. The molecule has 0 aliphatic rings. The van der Waals surface area contributed by atoms with E-state index < -0.39 is 28.7 Å². The van der Waals surface area contributed by atoms with E-state index in [9.17, 15) is 18.9 Å². The fraction of sp³-hybridized carbons (Fsp3) is 0.143. The van der Waals surface area contributed by atoms with Crippen LogP contribution in [0.15, 0.2) is 77.7 Å². The standard InChI is InChI=1S/C21H19NO4S/c23-20(18-12-6-8-15-7-4-5-11-17(15)18)22-19(21(24)25)13-14-27(26)16-9-2-1-3-10-16/h1-12,19H,13-14H2,(H,22,23)(H,24,25)/t19-,27+/m1/s1. The van der Waals surface area contributed by atoms with Crippen molar-refractivity contribution in [1.29, 1.82) is 0 Å². The lowest BCUT2D eigenvalue weighted by atomic mass is 10.0. The van der Waals surface area contributed by atoms with E-state index in [0.717, 1.165) is 10.8 Å². The van der Waals surface area contributed by atoms with Gasteiger partial charge in [-0.1, -0.05) is 54.6 Å². The van der Waals surface area contributed by atoms with Gasteiger partial charge in [-0.05, 0) is 35.4 Å². The number of hydrogen-bond donors (Lipinski definition) is 2. The number of hydrogen-bond acceptors (Lipinski definition) is 3. The zero-order valence-electron chi connectivity index (χ0n) is 14.5. The lowest BCUT2D eigenvalue weighted by Gasteiger charge is -2.15. The zero-order valence-corrected chi connectivity index (χ0v) is 15.3. The SMILES string of the molecule is O=C(N[C@H](CC[S@](=O)c1ccccc1)C(=O)O)c1cccc2ccccc12. The largest absolute Gasteiger partial charge is 0.480 e. The van der Waals surface area contributed by atoms with Crippen molar-refractivity contribution in [3.05, 3.63) is 78.4 Å². The van der Waals surface area contributed by atoms with Crippen LogP contribution in [0.3, 0.4) is 0 Å². The molecular formula is C21H19NO4S. The molecule has 0 saturated carbocycles. The van der Waals surface area contributed by atoms with Gasteiger partial charge in [0.15, 0.2) is 0 Å². The van der Waals surface area contributed by atoms with Crippen LogP contribution >= 0.6 is 0 Å². The molecule has 3 aromatic carbocycles. The van der Waals surface area contributed by atoms with Gasteiger partial charge in [0.1, 0.15) is 6.04 Å². The molecule has 2 N–H and O–H groups in total. The molecule has 0 heterocycles. The van der Waals surface area contributed by atoms with E-state index in [0.29, 0.717) is 10.5 Å². The number of amides is 1. The number of carboxylic acid groups (broad SMARTS) is 1. The van der Waals surface area contributed by atoms with Crippen molar-refractivity contribution in [1.82, 2.24) is 5.32 Å². The highest BCUT2D eigenvalue weighted by molar-refractivity contribution is 7.85. The van der Waals surface area contributed by atoms with Gasteiger partial charge in [0.25, 0.3) is 5.91 Å². The Morgan fingerprint density at radius 3 is 2.33 bits per heavy atom. The molecule has 6 heteroatoms. The van der Waals surface area contributed by atoms with Crippen molar-refractivity contribution in [3.8, 4) is 0 Å². The number of aliphatic carboxylic acids is 1. The van der Waals surface area contributed by atoms with Crippen molar-refractivity contribution in [3.63, 3.8) is 0 Å². The van der Waals surface area contributed by atoms with E-state index in [1.165, 1.54) is 0 Å². The van der Waals surface area contributed by atoms with E-state index in [4.69, 9.17) is 0 Å². The first kappa shape index (κ1) is 18.8. The number of rotatable bonds is 7. The number of benzene rings is 3. The van der Waals surface area contributed by atoms with Gasteiger partial charge in [-0.2, -0.15) is 0 Å². The smallest absolute Gasteiger partial charge is 0.326 e. The summed E-state index contributed by atoms with van der Waals surface area (Å²) in [5.74, 6) is -1.45. The number of nitrogens with one attached hydrogen (secondary N) is 1. The Morgan fingerprint density at radius 2 is 1.59 bits per heavy atom. The van der Waals surface area contributed by atoms with E-state index >= 15 is 0 Å². The highest BCUT2D eigenvalue weighted by Crippen LogP contribution is 2.18. The second-order valence-electron chi connectivity index (χ2n) is 6.04. The molecule has 3 aromatic rings. The first-order chi connectivity index (χ1) is 13.1. The Morgan fingerprint density at radius 1 is 0.926 bits per heavy atom. The van der Waals surface area contributed by atoms with Crippen LogP contribution < -0.4 is 5.32 Å². The number of carbonyl (C=O) groups excluding carboxylic acids is 1. The third-order valence-electron chi connectivity index (χ3n) is 4.24. The van der Waals surface area contributed by atoms with Gasteiger partial charge in [-0.3, -0.25) is 9.00 Å². The van der Waals surface area contributed by atoms with Gasteiger partial charge in [0.2, 0.25) is 0 Å². The highest BCUT2D eigenvalue weighted by atomic mass is 32.2. The van der Waals surface area contributed by atoms with Crippen molar-refractivity contribution in [2.75, 3.05) is 5.75 Å². The van der Waals surface area contributed by atoms with Crippen molar-refractivity contribution in [2.24, 2.45) is 0 Å². The van der Waals surface area contributed by atoms with Gasteiger partial charge < -0.3 is 10.4 Å². The number of fused-ring (bicyclic) bond motifs is 1. The lowest BCUT2D eigenvalue weighted by molar-refractivity contribution is -0.139. The summed E-state index contributed by atoms with van der Waals surface area (Å²) in [6, 6.07) is 20.5. The number of carboxylic acids is 1. The Labute approximate surface area is 159 Å². The van der Waals surface area contributed by atoms with Crippen LogP contribution in [0.25, 0.3) is 10.8 Å². The second kappa shape index (κ2) is 8.60. The van der Waals surface area contributed by atoms with Crippen LogP contribution in [-0.4, -0.2) is 33.0 Å². The molecule has 0 aliphatic heterocycles. The molecule has 0 saturated heterocycles. The molecule has 5 nitrogen and oxygen atoms in total. The van der Waals surface area contributed by atoms with Crippen LogP contribution in [-0.2, 0) is 15.6 Å². The quantitative estimate of drug-likeness (QED) is 0.658. The van der Waals surface area contributed by atoms with Gasteiger partial charge in [-0.15, -0.1) is 0 Å². The predicted molar refractivity (Wildman–Crippen MR) is 105 cm³/mol. The Kier molecular flexibility index (Phi) is 5.98. The molecule has 0 aromatic heterocycles. The van der Waals surface area contributed by atoms with E-state index in [1.807, 2.05) is 36.4 Å². The zero-order chi connectivity index (χ0) is 19.2. The molecule has 0 unspecified atom stereocenters. The van der Waals surface area contributed by atoms with Crippen molar-refractivity contribution >= 4 is 33.4 Å². The fourth-order valence-electron chi connectivity index (χ4n) is 2.83. The summed E-state index contributed by atoms with van der Waals surface area (Å²) in [5, 5.41) is 13.7. The minimum Gasteiger partial charge on any atom is -0.480 e. The number of carbonyl (C=O) groups is 2. The fourth-order valence-corrected chi connectivity index (χ4v) is 3.98. The maximum Gasteiger partial charge on any atom is 0.326 e. The molecule has 0 aliphatic carbocycles. The van der Waals surface area contributed by atoms with Gasteiger partial charge in [0.05, 0.1) is 10.8 Å². The molecule has 0 fully saturated rings.